The molecule has 1 rings (SSSR count). The minimum Gasteiger partial charge on any atom is -0.374 e. The van der Waals surface area contributed by atoms with Gasteiger partial charge in [-0.1, -0.05) is 20.8 Å². The van der Waals surface area contributed by atoms with Crippen LogP contribution in [0.1, 0.15) is 57.7 Å². The highest BCUT2D eigenvalue weighted by Gasteiger charge is 2.17. The molecule has 1 heterocycles. The first-order chi connectivity index (χ1) is 8.51. The van der Waals surface area contributed by atoms with E-state index in [1.54, 1.807) is 7.11 Å². The quantitative estimate of drug-likeness (QED) is 0.865. The van der Waals surface area contributed by atoms with Crippen LogP contribution in [0.5, 0.6) is 0 Å². The predicted molar refractivity (Wildman–Crippen MR) is 78.0 cm³/mol. The van der Waals surface area contributed by atoms with Crippen LogP contribution in [0.25, 0.3) is 0 Å². The van der Waals surface area contributed by atoms with Gasteiger partial charge in [0.2, 0.25) is 0 Å². The molecule has 0 aliphatic carbocycles. The molecule has 0 saturated heterocycles. The maximum atomic E-state index is 5.30. The molecule has 0 aromatic carbocycles. The van der Waals surface area contributed by atoms with Crippen LogP contribution in [-0.4, -0.2) is 23.6 Å². The van der Waals surface area contributed by atoms with Crippen LogP contribution in [0, 0.1) is 0 Å². The summed E-state index contributed by atoms with van der Waals surface area (Å²) in [7, 11) is 1.67. The molecule has 0 amide bonds. The lowest BCUT2D eigenvalue weighted by Crippen LogP contribution is -2.12. The van der Waals surface area contributed by atoms with E-state index in [0.29, 0.717) is 5.92 Å². The molecule has 1 unspecified atom stereocenters. The largest absolute Gasteiger partial charge is 0.374 e. The minimum absolute atomic E-state index is 0.0993. The van der Waals surface area contributed by atoms with Gasteiger partial charge in [-0.05, 0) is 35.2 Å². The smallest absolute Gasteiger partial charge is 0.159 e. The minimum atomic E-state index is -0.0993. The second-order valence-corrected chi connectivity index (χ2v) is 5.38. The lowest BCUT2D eigenvalue weighted by Gasteiger charge is -2.17. The molecule has 5 heteroatoms. The van der Waals surface area contributed by atoms with E-state index in [4.69, 9.17) is 4.74 Å². The van der Waals surface area contributed by atoms with Gasteiger partial charge in [-0.15, -0.1) is 0 Å². The van der Waals surface area contributed by atoms with Crippen LogP contribution in [0.2, 0.25) is 0 Å². The standard InChI is InChI=1S/C13H22BrN3O/c1-6-7-15-13-10(14)11(8(2)3)16-12(17-13)9(4)18-5/h8-9H,6-7H2,1-5H3,(H,15,16,17). The van der Waals surface area contributed by atoms with Crippen LogP contribution in [0.3, 0.4) is 0 Å². The molecule has 0 spiro atoms. The van der Waals surface area contributed by atoms with E-state index < -0.39 is 0 Å². The van der Waals surface area contributed by atoms with E-state index in [1.807, 2.05) is 6.92 Å². The number of rotatable bonds is 6. The SMILES string of the molecule is CCCNc1nc(C(C)OC)nc(C(C)C)c1Br. The highest BCUT2D eigenvalue weighted by Crippen LogP contribution is 2.30. The summed E-state index contributed by atoms with van der Waals surface area (Å²) in [6, 6.07) is 0. The van der Waals surface area contributed by atoms with Crippen molar-refractivity contribution in [3.05, 3.63) is 16.0 Å². The van der Waals surface area contributed by atoms with Gasteiger partial charge in [-0.3, -0.25) is 0 Å². The molecule has 102 valence electrons. The fourth-order valence-corrected chi connectivity index (χ4v) is 2.29. The lowest BCUT2D eigenvalue weighted by molar-refractivity contribution is 0.112. The van der Waals surface area contributed by atoms with E-state index in [0.717, 1.165) is 34.8 Å². The molecule has 1 aromatic heterocycles. The normalized spacial score (nSPS) is 12.8. The number of anilines is 1. The van der Waals surface area contributed by atoms with Crippen molar-refractivity contribution in [3.63, 3.8) is 0 Å². The van der Waals surface area contributed by atoms with Gasteiger partial charge in [-0.25, -0.2) is 9.97 Å². The second-order valence-electron chi connectivity index (χ2n) is 4.59. The first kappa shape index (κ1) is 15.4. The molecule has 0 radical (unpaired) electrons. The number of methoxy groups -OCH3 is 1. The van der Waals surface area contributed by atoms with Crippen molar-refractivity contribution in [3.8, 4) is 0 Å². The maximum Gasteiger partial charge on any atom is 0.159 e. The van der Waals surface area contributed by atoms with Crippen LogP contribution in [0.4, 0.5) is 5.82 Å². The Hall–Kier alpha value is -0.680. The van der Waals surface area contributed by atoms with Gasteiger partial charge in [0.1, 0.15) is 11.9 Å². The van der Waals surface area contributed by atoms with Crippen LogP contribution >= 0.6 is 15.9 Å². The molecule has 18 heavy (non-hydrogen) atoms. The average molecular weight is 316 g/mol. The predicted octanol–water partition coefficient (Wildman–Crippen LogP) is 3.89. The van der Waals surface area contributed by atoms with Crippen molar-refractivity contribution < 1.29 is 4.74 Å². The van der Waals surface area contributed by atoms with Gasteiger partial charge in [0.05, 0.1) is 10.2 Å². The summed E-state index contributed by atoms with van der Waals surface area (Å²) in [6.45, 7) is 9.23. The van der Waals surface area contributed by atoms with Crippen LogP contribution in [-0.2, 0) is 4.74 Å². The van der Waals surface area contributed by atoms with E-state index in [2.05, 4.69) is 52.0 Å². The van der Waals surface area contributed by atoms with E-state index in [9.17, 15) is 0 Å². The third-order valence-corrected chi connectivity index (χ3v) is 3.48. The molecule has 4 nitrogen and oxygen atoms in total. The Morgan fingerprint density at radius 2 is 1.94 bits per heavy atom. The Labute approximate surface area is 118 Å². The van der Waals surface area contributed by atoms with Crippen LogP contribution in [0.15, 0.2) is 4.47 Å². The van der Waals surface area contributed by atoms with E-state index in [-0.39, 0.29) is 6.10 Å². The van der Waals surface area contributed by atoms with Gasteiger partial charge in [0.25, 0.3) is 0 Å². The number of halogens is 1. The van der Waals surface area contributed by atoms with Gasteiger partial charge in [-0.2, -0.15) is 0 Å². The zero-order valence-electron chi connectivity index (χ0n) is 11.7. The highest BCUT2D eigenvalue weighted by atomic mass is 79.9. The van der Waals surface area contributed by atoms with Crippen molar-refractivity contribution in [1.29, 1.82) is 0 Å². The molecule has 0 aliphatic heterocycles. The van der Waals surface area contributed by atoms with Crippen molar-refractivity contribution >= 4 is 21.7 Å². The Morgan fingerprint density at radius 3 is 2.44 bits per heavy atom. The fraction of sp³-hybridized carbons (Fsp3) is 0.692. The molecule has 0 aliphatic rings. The van der Waals surface area contributed by atoms with Crippen molar-refractivity contribution in [2.24, 2.45) is 0 Å². The molecule has 1 aromatic rings. The molecular formula is C13H22BrN3O. The maximum absolute atomic E-state index is 5.30. The molecule has 0 saturated carbocycles. The Kier molecular flexibility index (Phi) is 6.02. The number of aromatic nitrogens is 2. The summed E-state index contributed by atoms with van der Waals surface area (Å²) in [4.78, 5) is 9.12. The van der Waals surface area contributed by atoms with Gasteiger partial charge in [0, 0.05) is 13.7 Å². The number of nitrogens with one attached hydrogen (secondary N) is 1. The third-order valence-electron chi connectivity index (χ3n) is 2.70. The van der Waals surface area contributed by atoms with E-state index in [1.165, 1.54) is 0 Å². The molecule has 1 atom stereocenters. The molecule has 1 N–H and O–H groups in total. The fourth-order valence-electron chi connectivity index (χ4n) is 1.51. The number of nitrogens with zero attached hydrogens (tertiary/aromatic N) is 2. The van der Waals surface area contributed by atoms with Crippen molar-refractivity contribution in [2.75, 3.05) is 19.0 Å². The summed E-state index contributed by atoms with van der Waals surface area (Å²) in [5, 5.41) is 3.32. The van der Waals surface area contributed by atoms with Gasteiger partial charge >= 0.3 is 0 Å². The molecule has 0 fully saturated rings. The zero-order chi connectivity index (χ0) is 13.7. The third kappa shape index (κ3) is 3.65. The highest BCUT2D eigenvalue weighted by molar-refractivity contribution is 9.10. The summed E-state index contributed by atoms with van der Waals surface area (Å²) < 4.78 is 6.26. The molecular weight excluding hydrogens is 294 g/mol. The number of hydrogen-bond acceptors (Lipinski definition) is 4. The summed E-state index contributed by atoms with van der Waals surface area (Å²) in [5.74, 6) is 1.92. The molecule has 0 bridgehead atoms. The Balaban J connectivity index is 3.18. The van der Waals surface area contributed by atoms with Gasteiger partial charge < -0.3 is 10.1 Å². The van der Waals surface area contributed by atoms with E-state index >= 15 is 0 Å². The lowest BCUT2D eigenvalue weighted by atomic mass is 10.1. The van der Waals surface area contributed by atoms with Crippen LogP contribution < -0.4 is 5.32 Å². The first-order valence-corrected chi connectivity index (χ1v) is 7.14. The number of hydrogen-bond donors (Lipinski definition) is 1. The Morgan fingerprint density at radius 1 is 1.28 bits per heavy atom. The average Bonchev–Trinajstić information content (AvgIpc) is 2.36. The van der Waals surface area contributed by atoms with Crippen molar-refractivity contribution in [1.82, 2.24) is 9.97 Å². The second kappa shape index (κ2) is 7.04. The topological polar surface area (TPSA) is 47.0 Å². The summed E-state index contributed by atoms with van der Waals surface area (Å²) in [5.41, 5.74) is 1.02. The summed E-state index contributed by atoms with van der Waals surface area (Å²) in [6.07, 6.45) is 0.959. The first-order valence-electron chi connectivity index (χ1n) is 6.35. The summed E-state index contributed by atoms with van der Waals surface area (Å²) >= 11 is 3.59. The Bertz CT molecular complexity index is 396. The van der Waals surface area contributed by atoms with Gasteiger partial charge in [0.15, 0.2) is 5.82 Å². The monoisotopic (exact) mass is 315 g/mol. The zero-order valence-corrected chi connectivity index (χ0v) is 13.3. The van der Waals surface area contributed by atoms with Crippen molar-refractivity contribution in [2.45, 2.75) is 46.1 Å². The number of ether oxygens (including phenoxy) is 1.